The highest BCUT2D eigenvalue weighted by Crippen LogP contribution is 2.37. The highest BCUT2D eigenvalue weighted by atomic mass is 35.5. The first-order valence-corrected chi connectivity index (χ1v) is 9.95. The van der Waals surface area contributed by atoms with E-state index < -0.39 is 5.91 Å². The van der Waals surface area contributed by atoms with Crippen LogP contribution < -0.4 is 0 Å². The maximum atomic E-state index is 12.6. The van der Waals surface area contributed by atoms with E-state index in [4.69, 9.17) is 23.2 Å². The van der Waals surface area contributed by atoms with E-state index in [-0.39, 0.29) is 11.6 Å². The number of aromatic amines is 2. The summed E-state index contributed by atoms with van der Waals surface area (Å²) in [5, 5.41) is 19.5. The lowest BCUT2D eigenvalue weighted by molar-refractivity contribution is 0.0995. The molecule has 0 saturated heterocycles. The van der Waals surface area contributed by atoms with E-state index in [1.165, 1.54) is 0 Å². The summed E-state index contributed by atoms with van der Waals surface area (Å²) in [7, 11) is 0. The normalized spacial score (nSPS) is 11.7. The molecule has 0 atom stereocenters. The summed E-state index contributed by atoms with van der Waals surface area (Å²) in [5.74, 6) is -0.0794. The Balaban J connectivity index is 1.45. The molecule has 0 aliphatic carbocycles. The summed E-state index contributed by atoms with van der Waals surface area (Å²) in [6, 6.07) is 17.3. The number of hydrogen-bond acceptors (Lipinski definition) is 4. The first kappa shape index (κ1) is 19.3. The van der Waals surface area contributed by atoms with Crippen molar-refractivity contribution in [1.29, 1.82) is 0 Å². The summed E-state index contributed by atoms with van der Waals surface area (Å²) in [6.45, 7) is 0. The van der Waals surface area contributed by atoms with Crippen LogP contribution in [0.25, 0.3) is 33.3 Å². The van der Waals surface area contributed by atoms with Crippen molar-refractivity contribution in [2.24, 2.45) is 10.2 Å². The number of aromatic nitrogens is 3. The van der Waals surface area contributed by atoms with E-state index in [0.717, 1.165) is 5.56 Å². The second-order valence-corrected chi connectivity index (χ2v) is 7.71. The van der Waals surface area contributed by atoms with Crippen LogP contribution in [0.4, 0.5) is 5.69 Å². The number of hydrogen-bond donors (Lipinski definition) is 3. The standard InChI is InChI=1S/C22H13Cl2N5O2/c23-13-4-1-11(2-5-13)20-25-17-7-3-12(9-18(17)26-20)21(30)29-28-19-15-10-14(24)6-8-16(15)27-22(19)31/h1-10,27,31H,(H,25,26). The van der Waals surface area contributed by atoms with E-state index in [1.807, 2.05) is 12.1 Å². The predicted octanol–water partition coefficient (Wildman–Crippen LogP) is 6.65. The van der Waals surface area contributed by atoms with Crippen LogP contribution in [0.2, 0.25) is 10.0 Å². The number of azo groups is 1. The molecule has 5 rings (SSSR count). The molecule has 0 aliphatic heterocycles. The Morgan fingerprint density at radius 2 is 1.68 bits per heavy atom. The minimum atomic E-state index is -0.555. The van der Waals surface area contributed by atoms with Gasteiger partial charge in [-0.2, -0.15) is 0 Å². The molecule has 2 aromatic heterocycles. The lowest BCUT2D eigenvalue weighted by Gasteiger charge is -1.96. The molecule has 0 radical (unpaired) electrons. The number of imidazole rings is 1. The van der Waals surface area contributed by atoms with Crippen LogP contribution in [0.15, 0.2) is 70.9 Å². The molecule has 0 saturated carbocycles. The van der Waals surface area contributed by atoms with Gasteiger partial charge in [0.15, 0.2) is 5.69 Å². The van der Waals surface area contributed by atoms with Crippen LogP contribution in [0.1, 0.15) is 10.4 Å². The van der Waals surface area contributed by atoms with Crippen LogP contribution in [0, 0.1) is 0 Å². The van der Waals surface area contributed by atoms with Gasteiger partial charge < -0.3 is 15.1 Å². The second kappa shape index (κ2) is 7.54. The van der Waals surface area contributed by atoms with Gasteiger partial charge in [-0.1, -0.05) is 23.2 Å². The average molecular weight is 450 g/mol. The molecule has 2 heterocycles. The number of benzene rings is 3. The van der Waals surface area contributed by atoms with Crippen molar-refractivity contribution >= 4 is 56.7 Å². The zero-order chi connectivity index (χ0) is 21.5. The third kappa shape index (κ3) is 3.65. The highest BCUT2D eigenvalue weighted by molar-refractivity contribution is 6.31. The van der Waals surface area contributed by atoms with Crippen molar-refractivity contribution in [3.63, 3.8) is 0 Å². The number of fused-ring (bicyclic) bond motifs is 2. The average Bonchev–Trinajstić information content (AvgIpc) is 3.32. The number of nitrogens with zero attached hydrogens (tertiary/aromatic N) is 3. The molecular weight excluding hydrogens is 437 g/mol. The Morgan fingerprint density at radius 1 is 0.903 bits per heavy atom. The zero-order valence-corrected chi connectivity index (χ0v) is 17.2. The van der Waals surface area contributed by atoms with Gasteiger partial charge in [-0.05, 0) is 60.7 Å². The van der Waals surface area contributed by atoms with E-state index in [0.29, 0.717) is 43.4 Å². The molecule has 1 amide bonds. The summed E-state index contributed by atoms with van der Waals surface area (Å²) in [4.78, 5) is 23.1. The number of halogens is 2. The van der Waals surface area contributed by atoms with Gasteiger partial charge in [0.1, 0.15) is 5.82 Å². The van der Waals surface area contributed by atoms with Gasteiger partial charge >= 0.3 is 0 Å². The summed E-state index contributed by atoms with van der Waals surface area (Å²) in [6.07, 6.45) is 0. The van der Waals surface area contributed by atoms with Crippen molar-refractivity contribution < 1.29 is 9.90 Å². The molecular formula is C22H13Cl2N5O2. The Bertz CT molecular complexity index is 1490. The van der Waals surface area contributed by atoms with Gasteiger partial charge in [0.2, 0.25) is 5.88 Å². The first-order valence-electron chi connectivity index (χ1n) is 9.20. The third-order valence-electron chi connectivity index (χ3n) is 4.80. The maximum absolute atomic E-state index is 12.6. The van der Waals surface area contributed by atoms with Crippen LogP contribution in [0.5, 0.6) is 5.88 Å². The van der Waals surface area contributed by atoms with Gasteiger partial charge in [0.05, 0.1) is 16.6 Å². The summed E-state index contributed by atoms with van der Waals surface area (Å²) < 4.78 is 0. The Labute approximate surface area is 185 Å². The van der Waals surface area contributed by atoms with E-state index in [2.05, 4.69) is 25.2 Å². The quantitative estimate of drug-likeness (QED) is 0.268. The Kier molecular flexibility index (Phi) is 4.69. The lowest BCUT2D eigenvalue weighted by atomic mass is 10.2. The van der Waals surface area contributed by atoms with Crippen LogP contribution in [-0.4, -0.2) is 26.0 Å². The zero-order valence-electron chi connectivity index (χ0n) is 15.7. The molecule has 3 aromatic carbocycles. The van der Waals surface area contributed by atoms with Gasteiger partial charge in [0, 0.05) is 26.6 Å². The fourth-order valence-corrected chi connectivity index (χ4v) is 3.58. The number of rotatable bonds is 3. The molecule has 0 unspecified atom stereocenters. The topological polar surface area (TPSA) is 106 Å². The van der Waals surface area contributed by atoms with E-state index in [9.17, 15) is 9.90 Å². The van der Waals surface area contributed by atoms with Gasteiger partial charge in [-0.25, -0.2) is 4.98 Å². The molecule has 7 nitrogen and oxygen atoms in total. The highest BCUT2D eigenvalue weighted by Gasteiger charge is 2.13. The summed E-state index contributed by atoms with van der Waals surface area (Å²) >= 11 is 12.0. The van der Waals surface area contributed by atoms with Gasteiger partial charge in [-0.15, -0.1) is 10.2 Å². The SMILES string of the molecule is O=C(N=Nc1c(O)[nH]c2ccc(Cl)cc12)c1ccc2nc(-c3ccc(Cl)cc3)[nH]c2c1. The Morgan fingerprint density at radius 3 is 2.48 bits per heavy atom. The molecule has 5 aromatic rings. The van der Waals surface area contributed by atoms with Crippen LogP contribution in [-0.2, 0) is 0 Å². The predicted molar refractivity (Wildman–Crippen MR) is 120 cm³/mol. The lowest BCUT2D eigenvalue weighted by Crippen LogP contribution is -1.93. The van der Waals surface area contributed by atoms with Crippen molar-refractivity contribution in [2.75, 3.05) is 0 Å². The van der Waals surface area contributed by atoms with Crippen molar-refractivity contribution in [3.05, 3.63) is 76.3 Å². The van der Waals surface area contributed by atoms with Gasteiger partial charge in [-0.3, -0.25) is 4.79 Å². The largest absolute Gasteiger partial charge is 0.493 e. The molecule has 9 heteroatoms. The molecule has 0 aliphatic rings. The minimum absolute atomic E-state index is 0.151. The number of carbonyl (C=O) groups excluding carboxylic acids is 1. The van der Waals surface area contributed by atoms with E-state index in [1.54, 1.807) is 48.5 Å². The second-order valence-electron chi connectivity index (χ2n) is 6.84. The molecule has 3 N–H and O–H groups in total. The monoisotopic (exact) mass is 449 g/mol. The molecule has 0 spiro atoms. The molecule has 31 heavy (non-hydrogen) atoms. The third-order valence-corrected chi connectivity index (χ3v) is 5.29. The molecule has 152 valence electrons. The number of carbonyl (C=O) groups is 1. The molecule has 0 fully saturated rings. The van der Waals surface area contributed by atoms with E-state index >= 15 is 0 Å². The minimum Gasteiger partial charge on any atom is -0.493 e. The van der Waals surface area contributed by atoms with Crippen LogP contribution >= 0.6 is 23.2 Å². The fourth-order valence-electron chi connectivity index (χ4n) is 3.28. The van der Waals surface area contributed by atoms with Crippen molar-refractivity contribution in [2.45, 2.75) is 0 Å². The van der Waals surface area contributed by atoms with Gasteiger partial charge in [0.25, 0.3) is 5.91 Å². The smallest absolute Gasteiger partial charge is 0.295 e. The fraction of sp³-hybridized carbons (Fsp3) is 0. The van der Waals surface area contributed by atoms with Crippen molar-refractivity contribution in [3.8, 4) is 17.3 Å². The Hall–Kier alpha value is -3.68. The number of aromatic hydroxyl groups is 1. The molecule has 0 bridgehead atoms. The van der Waals surface area contributed by atoms with Crippen LogP contribution in [0.3, 0.4) is 0 Å². The first-order chi connectivity index (χ1) is 15.0. The summed E-state index contributed by atoms with van der Waals surface area (Å²) in [5.41, 5.74) is 3.40. The number of nitrogens with one attached hydrogen (secondary N) is 2. The number of H-pyrrole nitrogens is 2. The number of amides is 1. The maximum Gasteiger partial charge on any atom is 0.295 e. The van der Waals surface area contributed by atoms with Crippen molar-refractivity contribution in [1.82, 2.24) is 15.0 Å².